The van der Waals surface area contributed by atoms with E-state index in [1.165, 1.54) is 0 Å². The van der Waals surface area contributed by atoms with Gasteiger partial charge >= 0.3 is 0 Å². The first-order valence-corrected chi connectivity index (χ1v) is 3.87. The van der Waals surface area contributed by atoms with Crippen LogP contribution in [0.4, 0.5) is 0 Å². The van der Waals surface area contributed by atoms with Crippen LogP contribution in [-0.4, -0.2) is 0 Å². The number of hydrogen-bond donors (Lipinski definition) is 0. The quantitative estimate of drug-likeness (QED) is 0.575. The van der Waals surface area contributed by atoms with Crippen molar-refractivity contribution in [2.45, 2.75) is 6.92 Å². The van der Waals surface area contributed by atoms with Crippen molar-refractivity contribution in [2.24, 2.45) is 0 Å². The van der Waals surface area contributed by atoms with Crippen molar-refractivity contribution in [1.82, 2.24) is 0 Å². The summed E-state index contributed by atoms with van der Waals surface area (Å²) in [6, 6.07) is 8.15. The highest BCUT2D eigenvalue weighted by Gasteiger charge is 1.92. The van der Waals surface area contributed by atoms with Gasteiger partial charge in [-0.25, -0.2) is 0 Å². The minimum Gasteiger partial charge on any atom is -0.125 e. The Labute approximate surface area is 73.6 Å². The van der Waals surface area contributed by atoms with Gasteiger partial charge in [-0.05, 0) is 23.6 Å². The molecule has 0 N–H and O–H groups in total. The molecule has 60 valence electrons. The van der Waals surface area contributed by atoms with E-state index in [9.17, 15) is 0 Å². The molecule has 0 amide bonds. The Morgan fingerprint density at radius 1 is 1.33 bits per heavy atom. The zero-order valence-corrected chi connectivity index (χ0v) is 7.30. The lowest BCUT2D eigenvalue weighted by molar-refractivity contribution is 1.56. The van der Waals surface area contributed by atoms with E-state index in [2.05, 4.69) is 18.9 Å². The van der Waals surface area contributed by atoms with Crippen molar-refractivity contribution in [3.8, 4) is 0 Å². The Morgan fingerprint density at radius 3 is 2.33 bits per heavy atom. The minimum atomic E-state index is 1.07. The van der Waals surface area contributed by atoms with Crippen molar-refractivity contribution in [3.63, 3.8) is 0 Å². The Kier molecular flexibility index (Phi) is 2.68. The third kappa shape index (κ3) is 1.75. The molecule has 0 saturated carbocycles. The summed E-state index contributed by atoms with van der Waals surface area (Å²) in [6.45, 7) is 9.28. The molecule has 0 fully saturated rings. The van der Waals surface area contributed by atoms with Gasteiger partial charge in [0, 0.05) is 0 Å². The van der Waals surface area contributed by atoms with E-state index in [4.69, 9.17) is 0 Å². The third-order valence-corrected chi connectivity index (χ3v) is 1.84. The summed E-state index contributed by atoms with van der Waals surface area (Å²) in [5.41, 5.74) is 6.23. The van der Waals surface area contributed by atoms with E-state index in [1.807, 2.05) is 37.3 Å². The Morgan fingerprint density at radius 2 is 1.92 bits per heavy atom. The van der Waals surface area contributed by atoms with Crippen LogP contribution in [-0.2, 0) is 0 Å². The van der Waals surface area contributed by atoms with Crippen molar-refractivity contribution in [3.05, 3.63) is 54.3 Å². The van der Waals surface area contributed by atoms with Crippen LogP contribution >= 0.6 is 0 Å². The minimum absolute atomic E-state index is 1.07. The molecule has 0 atom stereocenters. The first-order chi connectivity index (χ1) is 5.77. The van der Waals surface area contributed by atoms with Crippen LogP contribution in [0, 0.1) is 0 Å². The molecule has 1 aromatic carbocycles. The zero-order valence-electron chi connectivity index (χ0n) is 7.30. The van der Waals surface area contributed by atoms with E-state index >= 15 is 0 Å². The van der Waals surface area contributed by atoms with Gasteiger partial charge in [-0.1, -0.05) is 43.5 Å². The maximum Gasteiger partial charge on any atom is -0.00252 e. The number of benzene rings is 1. The highest BCUT2D eigenvalue weighted by molar-refractivity contribution is 5.64. The first kappa shape index (κ1) is 8.58. The Hall–Kier alpha value is -1.52. The molecule has 0 bridgehead atoms. The molecule has 0 saturated heterocycles. The maximum atomic E-state index is 3.69. The van der Waals surface area contributed by atoms with Gasteiger partial charge in [-0.2, -0.15) is 0 Å². The molecule has 0 aromatic heterocycles. The summed E-state index contributed by atoms with van der Waals surface area (Å²) >= 11 is 0. The summed E-state index contributed by atoms with van der Waals surface area (Å²) in [4.78, 5) is 0. The van der Waals surface area contributed by atoms with Gasteiger partial charge in [0.05, 0.1) is 0 Å². The lowest BCUT2D eigenvalue weighted by atomic mass is 10.1. The molecule has 0 aliphatic rings. The number of allylic oxidation sites excluding steroid dienone is 1. The van der Waals surface area contributed by atoms with Gasteiger partial charge in [0.15, 0.2) is 0 Å². The summed E-state index contributed by atoms with van der Waals surface area (Å²) in [6.07, 6.45) is 1.83. The fourth-order valence-electron chi connectivity index (χ4n) is 0.971. The lowest BCUT2D eigenvalue weighted by Crippen LogP contribution is -1.77. The molecule has 1 aromatic rings. The number of rotatable bonds is 2. The van der Waals surface area contributed by atoms with Gasteiger partial charge in [-0.3, -0.25) is 0 Å². The fourth-order valence-corrected chi connectivity index (χ4v) is 0.971. The molecule has 0 radical (unpaired) electrons. The molecule has 0 heterocycles. The predicted octanol–water partition coefficient (Wildman–Crippen LogP) is 3.52. The highest BCUT2D eigenvalue weighted by Crippen LogP contribution is 2.13. The molecule has 0 aliphatic carbocycles. The second-order valence-electron chi connectivity index (χ2n) is 2.63. The second kappa shape index (κ2) is 3.75. The van der Waals surface area contributed by atoms with Crippen LogP contribution < -0.4 is 0 Å². The molecular weight excluding hydrogens is 144 g/mol. The van der Waals surface area contributed by atoms with E-state index in [-0.39, 0.29) is 0 Å². The van der Waals surface area contributed by atoms with Crippen LogP contribution in [0.5, 0.6) is 0 Å². The van der Waals surface area contributed by atoms with E-state index in [0.717, 1.165) is 16.7 Å². The van der Waals surface area contributed by atoms with Crippen molar-refractivity contribution >= 4 is 11.6 Å². The fraction of sp³-hybridized carbons (Fsp3) is 0.0833. The zero-order chi connectivity index (χ0) is 8.97. The summed E-state index contributed by atoms with van der Waals surface area (Å²) in [5.74, 6) is 0. The third-order valence-electron chi connectivity index (χ3n) is 1.84. The summed E-state index contributed by atoms with van der Waals surface area (Å²) in [7, 11) is 0. The standard InChI is InChI=1S/C12H12/c1-4-10(3)12-8-6-11(5-2)7-9-12/h5-9H,1-2H2,3H3. The molecule has 0 spiro atoms. The van der Waals surface area contributed by atoms with E-state index in [0.29, 0.717) is 0 Å². The van der Waals surface area contributed by atoms with E-state index in [1.54, 1.807) is 0 Å². The predicted molar refractivity (Wildman–Crippen MR) is 54.8 cm³/mol. The smallest absolute Gasteiger partial charge is 0.00252 e. The average molecular weight is 156 g/mol. The second-order valence-corrected chi connectivity index (χ2v) is 2.63. The van der Waals surface area contributed by atoms with Crippen molar-refractivity contribution < 1.29 is 0 Å². The molecule has 0 aliphatic heterocycles. The Balaban J connectivity index is 3.07. The van der Waals surface area contributed by atoms with Gasteiger partial charge in [0.25, 0.3) is 0 Å². The number of hydrogen-bond acceptors (Lipinski definition) is 0. The first-order valence-electron chi connectivity index (χ1n) is 3.87. The van der Waals surface area contributed by atoms with Gasteiger partial charge < -0.3 is 0 Å². The maximum absolute atomic E-state index is 3.69. The van der Waals surface area contributed by atoms with Crippen LogP contribution in [0.25, 0.3) is 11.6 Å². The van der Waals surface area contributed by atoms with Crippen LogP contribution in [0.2, 0.25) is 0 Å². The highest BCUT2D eigenvalue weighted by atomic mass is 14.0. The monoisotopic (exact) mass is 156 g/mol. The summed E-state index contributed by atoms with van der Waals surface area (Å²) < 4.78 is 0. The Bertz CT molecular complexity index is 322. The van der Waals surface area contributed by atoms with Gasteiger partial charge in [-0.15, -0.1) is 5.73 Å². The molecular formula is C12H12. The average Bonchev–Trinajstić information content (AvgIpc) is 2.17. The molecule has 0 unspecified atom stereocenters. The van der Waals surface area contributed by atoms with Crippen molar-refractivity contribution in [2.75, 3.05) is 0 Å². The van der Waals surface area contributed by atoms with Crippen molar-refractivity contribution in [1.29, 1.82) is 0 Å². The molecule has 0 heteroatoms. The van der Waals surface area contributed by atoms with Crippen LogP contribution in [0.3, 0.4) is 0 Å². The lowest BCUT2D eigenvalue weighted by Gasteiger charge is -1.98. The molecule has 0 nitrogen and oxygen atoms in total. The van der Waals surface area contributed by atoms with Gasteiger partial charge in [0.2, 0.25) is 0 Å². The van der Waals surface area contributed by atoms with E-state index < -0.39 is 0 Å². The molecule has 12 heavy (non-hydrogen) atoms. The van der Waals surface area contributed by atoms with Gasteiger partial charge in [0.1, 0.15) is 0 Å². The summed E-state index contributed by atoms with van der Waals surface area (Å²) in [5, 5.41) is 0. The SMILES string of the molecule is C=C=C(C)c1ccc(C=C)cc1. The van der Waals surface area contributed by atoms with Crippen LogP contribution in [0.15, 0.2) is 43.2 Å². The van der Waals surface area contributed by atoms with Crippen LogP contribution in [0.1, 0.15) is 18.1 Å². The topological polar surface area (TPSA) is 0 Å². The molecule has 1 rings (SSSR count). The largest absolute Gasteiger partial charge is 0.125 e. The normalized spacial score (nSPS) is 8.75.